The Bertz CT molecular complexity index is 4880. The van der Waals surface area contributed by atoms with Gasteiger partial charge in [-0.3, -0.25) is 43.4 Å². The number of benzene rings is 6. The van der Waals surface area contributed by atoms with Crippen LogP contribution >= 0.6 is 0 Å². The summed E-state index contributed by atoms with van der Waals surface area (Å²) >= 11 is 0. The van der Waals surface area contributed by atoms with Crippen LogP contribution in [0.3, 0.4) is 0 Å². The number of amides is 3. The molecule has 3 saturated heterocycles. The molecule has 0 aliphatic carbocycles. The summed E-state index contributed by atoms with van der Waals surface area (Å²) in [5, 5.41) is 17.6. The molecule has 3 aliphatic rings. The third-order valence-electron chi connectivity index (χ3n) is 17.7. The molecule has 0 radical (unpaired) electrons. The quantitative estimate of drug-likeness (QED) is 0.0831. The number of para-hydroxylation sites is 3. The lowest BCUT2D eigenvalue weighted by molar-refractivity contribution is -0.131. The maximum absolute atomic E-state index is 14.9. The van der Waals surface area contributed by atoms with E-state index in [0.29, 0.717) is 61.2 Å². The summed E-state index contributed by atoms with van der Waals surface area (Å²) in [6, 6.07) is 51.4. The average Bonchev–Trinajstić information content (AvgIpc) is 1.63. The van der Waals surface area contributed by atoms with Crippen molar-refractivity contribution in [1.29, 1.82) is 0 Å². The minimum Gasteiger partial charge on any atom is -0.493 e. The van der Waals surface area contributed by atoms with Gasteiger partial charge < -0.3 is 33.6 Å². The standard InChI is InChI=1S/C28H28N4O3.C26H23FN4O2.C24H20N4O2/c1-4-26(33)31-16-6-8-21(18-31)32-24-14-15-29-17-23(24)27(30-32)20-10-12-22(13-11-20)35-25-9-5-7-19(2)28(25)34-3;1-2-25(32)30-14-6-7-19(17-30)31-23-12-13-28-16-21(23)26(29-31)18-10-11-24(22(27)15-18)33-20-8-4-3-5-9-20;1-2-23(29)27-15-18(16-27)28-22-12-13-25-14-21(22)24(26-28)17-8-10-20(11-9-17)30-19-6-4-3-5-7-19/h4-5,7,9-15,17,21H,1,6,8,16,18H2,2-3H3;2-5,8-13,15-16,19H,1,6-7,14,17H2;2-14,18H,1,15-16H2/t21-;19-;/m11./s1. The van der Waals surface area contributed by atoms with E-state index in [1.165, 1.54) is 24.3 Å². The number of hydrogen-bond donors (Lipinski definition) is 0. The number of aromatic nitrogens is 9. The van der Waals surface area contributed by atoms with Gasteiger partial charge in [0.05, 0.1) is 41.8 Å². The first-order valence-electron chi connectivity index (χ1n) is 32.4. The highest BCUT2D eigenvalue weighted by Gasteiger charge is 2.34. The molecular formula is C78H71FN12O7. The Labute approximate surface area is 565 Å². The number of carbonyl (C=O) groups excluding carboxylic acids is 3. The average molecular weight is 1310 g/mol. The van der Waals surface area contributed by atoms with Crippen molar-refractivity contribution in [2.75, 3.05) is 46.4 Å². The van der Waals surface area contributed by atoms with E-state index in [-0.39, 0.29) is 41.6 Å². The van der Waals surface area contributed by atoms with Gasteiger partial charge in [0.25, 0.3) is 0 Å². The summed E-state index contributed by atoms with van der Waals surface area (Å²) in [7, 11) is 1.65. The van der Waals surface area contributed by atoms with Crippen molar-refractivity contribution in [3.8, 4) is 74.0 Å². The number of piperidine rings is 2. The second kappa shape index (κ2) is 29.3. The number of ether oxygens (including phenoxy) is 4. The molecule has 9 heterocycles. The number of nitrogens with zero attached hydrogens (tertiary/aromatic N) is 12. The van der Waals surface area contributed by atoms with Crippen molar-refractivity contribution < 1.29 is 37.7 Å². The second-order valence-electron chi connectivity index (χ2n) is 24.0. The molecule has 3 aliphatic heterocycles. The molecule has 15 rings (SSSR count). The Morgan fingerprint density at radius 1 is 0.459 bits per heavy atom. The largest absolute Gasteiger partial charge is 0.493 e. The van der Waals surface area contributed by atoms with Gasteiger partial charge in [-0.25, -0.2) is 4.39 Å². The molecule has 0 unspecified atom stereocenters. The van der Waals surface area contributed by atoms with Crippen molar-refractivity contribution in [2.45, 2.75) is 50.7 Å². The van der Waals surface area contributed by atoms with E-state index in [4.69, 9.17) is 34.2 Å². The van der Waals surface area contributed by atoms with Crippen LogP contribution in [0.15, 0.2) is 239 Å². The SMILES string of the molecule is C=CC(=O)N1CC(n2nc(-c3ccc(Oc4ccccc4)cc3)c3cnccc32)C1.C=CC(=O)N1CCC[C@@H](n2nc(-c3ccc(Oc4cccc(C)c4OC)cc3)c3cnccc32)C1.C=CC(=O)N1CCC[C@@H](n2nc(-c3ccc(Oc4ccccc4)c(F)c3)c3cnccc32)C1. The molecule has 0 N–H and O–H groups in total. The van der Waals surface area contributed by atoms with Crippen LogP contribution in [0.5, 0.6) is 40.2 Å². The van der Waals surface area contributed by atoms with Crippen LogP contribution in [-0.2, 0) is 14.4 Å². The number of hydrogen-bond acceptors (Lipinski definition) is 13. The molecule has 0 bridgehead atoms. The summed E-state index contributed by atoms with van der Waals surface area (Å²) < 4.78 is 44.1. The van der Waals surface area contributed by atoms with E-state index in [0.717, 1.165) is 110 Å². The van der Waals surface area contributed by atoms with Gasteiger partial charge in [0.15, 0.2) is 23.1 Å². The van der Waals surface area contributed by atoms with E-state index >= 15 is 0 Å². The van der Waals surface area contributed by atoms with Crippen molar-refractivity contribution in [1.82, 2.24) is 59.0 Å². The van der Waals surface area contributed by atoms with E-state index in [1.54, 1.807) is 66.0 Å². The van der Waals surface area contributed by atoms with Crippen LogP contribution in [0, 0.1) is 12.7 Å². The third kappa shape index (κ3) is 13.9. The molecule has 20 heteroatoms. The van der Waals surface area contributed by atoms with Gasteiger partial charge in [0.1, 0.15) is 40.1 Å². The van der Waals surface area contributed by atoms with Crippen molar-refractivity contribution in [2.24, 2.45) is 0 Å². The predicted molar refractivity (Wildman–Crippen MR) is 376 cm³/mol. The lowest BCUT2D eigenvalue weighted by Crippen LogP contribution is -2.50. The number of carbonyl (C=O) groups is 3. The first kappa shape index (κ1) is 64.6. The molecule has 6 aromatic carbocycles. The van der Waals surface area contributed by atoms with Gasteiger partial charge in [-0.05, 0) is 172 Å². The van der Waals surface area contributed by atoms with Gasteiger partial charge >= 0.3 is 0 Å². The lowest BCUT2D eigenvalue weighted by atomic mass is 10.1. The molecule has 0 saturated carbocycles. The fourth-order valence-corrected chi connectivity index (χ4v) is 12.7. The van der Waals surface area contributed by atoms with Gasteiger partial charge in [0, 0.05) is 109 Å². The third-order valence-corrected chi connectivity index (χ3v) is 17.7. The summed E-state index contributed by atoms with van der Waals surface area (Å²) in [6.45, 7) is 16.7. The zero-order chi connectivity index (χ0) is 67.7. The molecule has 3 amide bonds. The molecule has 19 nitrogen and oxygen atoms in total. The number of rotatable bonds is 16. The van der Waals surface area contributed by atoms with Gasteiger partial charge in [0.2, 0.25) is 17.7 Å². The van der Waals surface area contributed by atoms with Crippen molar-refractivity contribution >= 4 is 50.4 Å². The second-order valence-corrected chi connectivity index (χ2v) is 24.0. The maximum Gasteiger partial charge on any atom is 0.246 e. The van der Waals surface area contributed by atoms with Crippen LogP contribution < -0.4 is 18.9 Å². The molecule has 492 valence electrons. The minimum atomic E-state index is -0.469. The van der Waals surface area contributed by atoms with Gasteiger partial charge in [-0.15, -0.1) is 0 Å². The fraction of sp³-hybridized carbons (Fsp3) is 0.192. The van der Waals surface area contributed by atoms with Crippen LogP contribution in [0.4, 0.5) is 4.39 Å². The Hall–Kier alpha value is -12.1. The Kier molecular flexibility index (Phi) is 19.3. The highest BCUT2D eigenvalue weighted by molar-refractivity contribution is 5.95. The Morgan fingerprint density at radius 3 is 1.34 bits per heavy atom. The molecule has 12 aromatic rings. The summed E-state index contributed by atoms with van der Waals surface area (Å²) in [4.78, 5) is 54.4. The molecule has 98 heavy (non-hydrogen) atoms. The highest BCUT2D eigenvalue weighted by Crippen LogP contribution is 2.40. The maximum atomic E-state index is 14.9. The van der Waals surface area contributed by atoms with Crippen LogP contribution in [-0.4, -0.2) is 123 Å². The van der Waals surface area contributed by atoms with Crippen LogP contribution in [0.25, 0.3) is 66.5 Å². The number of aryl methyl sites for hydroxylation is 1. The number of likely N-dealkylation sites (tertiary alicyclic amines) is 3. The summed E-state index contributed by atoms with van der Waals surface area (Å²) in [6.07, 6.45) is 18.5. The molecule has 6 aromatic heterocycles. The first-order valence-corrected chi connectivity index (χ1v) is 32.4. The lowest BCUT2D eigenvalue weighted by Gasteiger charge is -2.38. The van der Waals surface area contributed by atoms with Gasteiger partial charge in [-0.2, -0.15) is 15.3 Å². The smallest absolute Gasteiger partial charge is 0.246 e. The Morgan fingerprint density at radius 2 is 0.867 bits per heavy atom. The minimum absolute atomic E-state index is 0.0202. The van der Waals surface area contributed by atoms with E-state index < -0.39 is 5.82 Å². The molecule has 0 spiro atoms. The number of pyridine rings is 3. The topological polar surface area (TPSA) is 190 Å². The van der Waals surface area contributed by atoms with E-state index in [1.807, 2.05) is 167 Å². The van der Waals surface area contributed by atoms with Gasteiger partial charge in [-0.1, -0.05) is 68.3 Å². The van der Waals surface area contributed by atoms with Crippen LogP contribution in [0.1, 0.15) is 49.4 Å². The normalized spacial score (nSPS) is 15.2. The zero-order valence-corrected chi connectivity index (χ0v) is 54.3. The summed E-state index contributed by atoms with van der Waals surface area (Å²) in [5.41, 5.74) is 8.93. The van der Waals surface area contributed by atoms with Crippen molar-refractivity contribution in [3.63, 3.8) is 0 Å². The van der Waals surface area contributed by atoms with Crippen LogP contribution in [0.2, 0.25) is 0 Å². The Balaban J connectivity index is 0.000000133. The van der Waals surface area contributed by atoms with E-state index in [2.05, 4.69) is 39.4 Å². The zero-order valence-electron chi connectivity index (χ0n) is 54.3. The first-order chi connectivity index (χ1) is 47.9. The molecular weight excluding hydrogens is 1240 g/mol. The highest BCUT2D eigenvalue weighted by atomic mass is 19.1. The number of methoxy groups -OCH3 is 1. The number of fused-ring (bicyclic) bond motifs is 3. The monoisotopic (exact) mass is 1310 g/mol. The number of halogens is 1. The fourth-order valence-electron chi connectivity index (χ4n) is 12.7. The molecule has 3 fully saturated rings. The summed E-state index contributed by atoms with van der Waals surface area (Å²) in [5.74, 6) is 3.78. The van der Waals surface area contributed by atoms with E-state index in [9.17, 15) is 18.8 Å². The predicted octanol–water partition coefficient (Wildman–Crippen LogP) is 15.4. The van der Waals surface area contributed by atoms with Crippen molar-refractivity contribution in [3.05, 3.63) is 250 Å². The molecule has 2 atom stereocenters.